The van der Waals surface area contributed by atoms with Crippen LogP contribution in [-0.4, -0.2) is 97.2 Å². The molecule has 1 atom stereocenters. The highest BCUT2D eigenvalue weighted by molar-refractivity contribution is 6.42. The van der Waals surface area contributed by atoms with E-state index >= 15 is 0 Å². The topological polar surface area (TPSA) is 72.9 Å². The van der Waals surface area contributed by atoms with Crippen LogP contribution in [0.4, 0.5) is 0 Å². The number of benzene rings is 2. The summed E-state index contributed by atoms with van der Waals surface area (Å²) >= 11 is 12.7. The van der Waals surface area contributed by atoms with E-state index in [9.17, 15) is 14.7 Å². The summed E-state index contributed by atoms with van der Waals surface area (Å²) in [5.74, 6) is -0.0606. The number of hydrogen-bond acceptors (Lipinski definition) is 4. The van der Waals surface area contributed by atoms with E-state index in [-0.39, 0.29) is 29.0 Å². The zero-order valence-electron chi connectivity index (χ0n) is 24.0. The fourth-order valence-corrected chi connectivity index (χ4v) is 7.24. The van der Waals surface area contributed by atoms with Crippen LogP contribution in [-0.2, 0) is 4.79 Å². The molecule has 2 saturated heterocycles. The Balaban J connectivity index is 1.66. The first kappa shape index (κ1) is 30.6. The molecule has 1 unspecified atom stereocenters. The number of piperidine rings is 2. The average Bonchev–Trinajstić information content (AvgIpc) is 2.96. The van der Waals surface area contributed by atoms with Gasteiger partial charge < -0.3 is 24.7 Å². The van der Waals surface area contributed by atoms with Gasteiger partial charge in [0.15, 0.2) is 5.54 Å². The number of likely N-dealkylation sites (tertiary alicyclic amines) is 1. The Bertz CT molecular complexity index is 1190. The predicted octanol–water partition coefficient (Wildman–Crippen LogP) is 5.16. The van der Waals surface area contributed by atoms with Gasteiger partial charge in [0.25, 0.3) is 11.8 Å². The van der Waals surface area contributed by atoms with Crippen molar-refractivity contribution in [3.8, 4) is 5.75 Å². The number of nitrogens with one attached hydrogen (secondary N) is 1. The average molecular weight is 591 g/mol. The second-order valence-corrected chi connectivity index (χ2v) is 12.5. The molecule has 2 N–H and O–H groups in total. The minimum Gasteiger partial charge on any atom is -0.507 e. The van der Waals surface area contributed by atoms with Gasteiger partial charge in [-0.3, -0.25) is 9.59 Å². The van der Waals surface area contributed by atoms with Gasteiger partial charge in [-0.15, -0.1) is 0 Å². The van der Waals surface area contributed by atoms with Crippen molar-refractivity contribution in [2.45, 2.75) is 50.0 Å². The number of phenols is 1. The molecule has 2 aromatic rings. The maximum Gasteiger partial charge on any atom is 0.283 e. The van der Waals surface area contributed by atoms with Gasteiger partial charge in [-0.1, -0.05) is 41.4 Å². The van der Waals surface area contributed by atoms with Gasteiger partial charge >= 0.3 is 0 Å². The monoisotopic (exact) mass is 589 g/mol. The number of likely N-dealkylation sites (N-methyl/N-ethyl adjacent to an activating group) is 2. The molecule has 2 fully saturated rings. The summed E-state index contributed by atoms with van der Waals surface area (Å²) in [5, 5.41) is 14.8. The highest BCUT2D eigenvalue weighted by Crippen LogP contribution is 2.40. The van der Waals surface area contributed by atoms with Crippen LogP contribution in [0.5, 0.6) is 5.75 Å². The van der Waals surface area contributed by atoms with E-state index < -0.39 is 5.54 Å². The van der Waals surface area contributed by atoms with Gasteiger partial charge in [0, 0.05) is 66.0 Å². The van der Waals surface area contributed by atoms with Crippen LogP contribution < -0.4 is 5.32 Å². The van der Waals surface area contributed by atoms with Gasteiger partial charge in [-0.25, -0.2) is 0 Å². The summed E-state index contributed by atoms with van der Waals surface area (Å²) in [5.41, 5.74) is 0.844. The molecule has 7 nitrogen and oxygen atoms in total. The fourth-order valence-electron chi connectivity index (χ4n) is 6.94. The summed E-state index contributed by atoms with van der Waals surface area (Å²) in [6.45, 7) is 4.94. The normalized spacial score (nSPS) is 19.0. The number of para-hydroxylation sites is 1. The Morgan fingerprint density at radius 2 is 1.68 bits per heavy atom. The van der Waals surface area contributed by atoms with Crippen LogP contribution in [0.1, 0.15) is 60.4 Å². The number of phenolic OH excluding ortho intramolecular Hbond substituents is 1. The molecule has 0 bridgehead atoms. The quantitative estimate of drug-likeness (QED) is 0.396. The Morgan fingerprint density at radius 3 is 2.30 bits per heavy atom. The second-order valence-electron chi connectivity index (χ2n) is 11.7. The summed E-state index contributed by atoms with van der Waals surface area (Å²) in [7, 11) is 5.53. The minimum absolute atomic E-state index is 0.0280. The maximum atomic E-state index is 14.0. The number of hydrogen-bond donors (Lipinski definition) is 2. The van der Waals surface area contributed by atoms with E-state index in [2.05, 4.69) is 5.32 Å². The number of halogens is 2. The third-order valence-electron chi connectivity index (χ3n) is 9.11. The molecule has 0 radical (unpaired) electrons. The van der Waals surface area contributed by atoms with E-state index in [1.807, 2.05) is 32.3 Å². The Morgan fingerprint density at radius 1 is 1.00 bits per heavy atom. The molecule has 9 heteroatoms. The van der Waals surface area contributed by atoms with Crippen molar-refractivity contribution < 1.29 is 19.2 Å². The van der Waals surface area contributed by atoms with Crippen LogP contribution in [0.3, 0.4) is 0 Å². The highest BCUT2D eigenvalue weighted by Gasteiger charge is 2.57. The van der Waals surface area contributed by atoms with Crippen LogP contribution in [0.2, 0.25) is 10.0 Å². The molecule has 0 saturated carbocycles. The fraction of sp³-hybridized carbons (Fsp3) is 0.548. The molecule has 0 spiro atoms. The first-order valence-corrected chi connectivity index (χ1v) is 15.1. The third-order valence-corrected chi connectivity index (χ3v) is 9.85. The van der Waals surface area contributed by atoms with Crippen LogP contribution in [0.25, 0.3) is 0 Å². The molecule has 2 heterocycles. The van der Waals surface area contributed by atoms with Crippen molar-refractivity contribution in [3.05, 3.63) is 63.6 Å². The summed E-state index contributed by atoms with van der Waals surface area (Å²) in [4.78, 5) is 30.8. The second kappa shape index (κ2) is 13.1. The molecule has 4 rings (SSSR count). The van der Waals surface area contributed by atoms with Crippen LogP contribution in [0.15, 0.2) is 42.5 Å². The predicted molar refractivity (Wildman–Crippen MR) is 161 cm³/mol. The third kappa shape index (κ3) is 6.28. The zero-order chi connectivity index (χ0) is 28.9. The minimum atomic E-state index is -0.449. The number of nitrogens with zero attached hydrogens (tertiary/aromatic N) is 3. The molecule has 40 heavy (non-hydrogen) atoms. The van der Waals surface area contributed by atoms with E-state index in [0.717, 1.165) is 74.9 Å². The molecule has 218 valence electrons. The van der Waals surface area contributed by atoms with Crippen molar-refractivity contribution in [2.75, 3.05) is 60.4 Å². The molecular weight excluding hydrogens is 547 g/mol. The van der Waals surface area contributed by atoms with Crippen molar-refractivity contribution >= 4 is 35.0 Å². The van der Waals surface area contributed by atoms with Crippen LogP contribution >= 0.6 is 23.2 Å². The standard InChI is InChI=1S/C31H42Cl2N4O3/c1-35(2)30(40)31(14-16-34-17-15-31)37(18-7-4-8-19-37)20-13-24(23-11-12-26(32)27(33)21-23)22-36(3)29(39)25-9-5-6-10-28(25)38/h5-6,9-12,21,24,34H,4,7-8,13-20,22H2,1-3H3/p+1. The zero-order valence-corrected chi connectivity index (χ0v) is 25.5. The van der Waals surface area contributed by atoms with Gasteiger partial charge in [-0.2, -0.15) is 0 Å². The number of rotatable bonds is 9. The van der Waals surface area contributed by atoms with Gasteiger partial charge in [0.2, 0.25) is 0 Å². The lowest BCUT2D eigenvalue weighted by Crippen LogP contribution is -2.74. The molecule has 2 aliphatic heterocycles. The van der Waals surface area contributed by atoms with Gasteiger partial charge in [-0.05, 0) is 49.1 Å². The Hall–Kier alpha value is -2.32. The number of carbonyl (C=O) groups is 2. The maximum absolute atomic E-state index is 14.0. The SMILES string of the molecule is CN(C)C(=O)C1([N+]2(CCC(CN(C)C(=O)c3ccccc3O)c3ccc(Cl)c(Cl)c3)CCCCC2)CCNCC1. The smallest absolute Gasteiger partial charge is 0.283 e. The molecular formula is C31H43Cl2N4O3+. The lowest BCUT2D eigenvalue weighted by molar-refractivity contribution is -0.972. The van der Waals surface area contributed by atoms with Crippen molar-refractivity contribution in [2.24, 2.45) is 0 Å². The Kier molecular flexibility index (Phi) is 10.0. The van der Waals surface area contributed by atoms with Crippen molar-refractivity contribution in [3.63, 3.8) is 0 Å². The molecule has 2 aliphatic rings. The van der Waals surface area contributed by atoms with E-state index in [4.69, 9.17) is 23.2 Å². The summed E-state index contributed by atoms with van der Waals surface area (Å²) < 4.78 is 0.792. The first-order valence-electron chi connectivity index (χ1n) is 14.4. The van der Waals surface area contributed by atoms with E-state index in [1.54, 1.807) is 35.0 Å². The summed E-state index contributed by atoms with van der Waals surface area (Å²) in [6, 6.07) is 12.3. The van der Waals surface area contributed by atoms with Crippen molar-refractivity contribution in [1.29, 1.82) is 0 Å². The lowest BCUT2D eigenvalue weighted by atomic mass is 9.79. The largest absolute Gasteiger partial charge is 0.507 e. The summed E-state index contributed by atoms with van der Waals surface area (Å²) in [6.07, 6.45) is 5.85. The molecule has 0 aliphatic carbocycles. The van der Waals surface area contributed by atoms with Gasteiger partial charge in [0.05, 0.1) is 35.2 Å². The number of aromatic hydroxyl groups is 1. The number of amides is 2. The highest BCUT2D eigenvalue weighted by atomic mass is 35.5. The lowest BCUT2D eigenvalue weighted by Gasteiger charge is -2.56. The number of quaternary nitrogens is 1. The molecule has 2 amide bonds. The van der Waals surface area contributed by atoms with Crippen LogP contribution in [0, 0.1) is 0 Å². The molecule has 2 aromatic carbocycles. The number of carbonyl (C=O) groups excluding carboxylic acids is 2. The van der Waals surface area contributed by atoms with E-state index in [0.29, 0.717) is 16.6 Å². The first-order chi connectivity index (χ1) is 19.1. The Labute approximate surface area is 248 Å². The van der Waals surface area contributed by atoms with E-state index in [1.165, 1.54) is 12.5 Å². The molecule has 0 aromatic heterocycles. The van der Waals surface area contributed by atoms with Gasteiger partial charge in [0.1, 0.15) is 5.75 Å². The van der Waals surface area contributed by atoms with Crippen molar-refractivity contribution in [1.82, 2.24) is 15.1 Å².